The molecule has 1 saturated heterocycles. The standard InChI is InChI=1S/C28H24N2O6/c1-3-15-36-22-12-10-20(11-13-22)25(31)23-24(19-6-8-21(9-7-19)28(34)35-2)30(27(33)26(23)32)17-18-5-4-14-29-16-18/h3-14,16,24,31H,1,15,17H2,2H3/b25-23+. The minimum atomic E-state index is -0.881. The number of esters is 1. The fraction of sp³-hybridized carbons (Fsp3) is 0.143. The Hall–Kier alpha value is -4.72. The highest BCUT2D eigenvalue weighted by Crippen LogP contribution is 2.40. The Balaban J connectivity index is 1.79. The zero-order valence-corrected chi connectivity index (χ0v) is 19.6. The predicted octanol–water partition coefficient (Wildman–Crippen LogP) is 4.05. The van der Waals surface area contributed by atoms with Crippen LogP contribution in [-0.4, -0.2) is 46.4 Å². The molecule has 8 heteroatoms. The molecule has 1 aromatic heterocycles. The van der Waals surface area contributed by atoms with Crippen molar-refractivity contribution in [2.24, 2.45) is 0 Å². The number of amides is 1. The van der Waals surface area contributed by atoms with Gasteiger partial charge in [0.05, 0.1) is 24.3 Å². The molecule has 2 heterocycles. The number of aliphatic hydroxyl groups excluding tert-OH is 1. The number of likely N-dealkylation sites (tertiary alicyclic amines) is 1. The number of aromatic nitrogens is 1. The average molecular weight is 485 g/mol. The lowest BCUT2D eigenvalue weighted by Crippen LogP contribution is -2.29. The molecule has 4 rings (SSSR count). The second-order valence-electron chi connectivity index (χ2n) is 8.03. The molecule has 0 bridgehead atoms. The van der Waals surface area contributed by atoms with Gasteiger partial charge >= 0.3 is 5.97 Å². The second kappa shape index (κ2) is 10.7. The van der Waals surface area contributed by atoms with Crippen molar-refractivity contribution in [3.63, 3.8) is 0 Å². The fourth-order valence-corrected chi connectivity index (χ4v) is 4.02. The van der Waals surface area contributed by atoms with Crippen LogP contribution in [0.2, 0.25) is 0 Å². The Morgan fingerprint density at radius 3 is 2.39 bits per heavy atom. The van der Waals surface area contributed by atoms with E-state index < -0.39 is 23.7 Å². The van der Waals surface area contributed by atoms with Gasteiger partial charge in [-0.2, -0.15) is 0 Å². The van der Waals surface area contributed by atoms with Crippen molar-refractivity contribution in [3.8, 4) is 5.75 Å². The summed E-state index contributed by atoms with van der Waals surface area (Å²) in [5, 5.41) is 11.2. The van der Waals surface area contributed by atoms with Gasteiger partial charge in [0.1, 0.15) is 18.1 Å². The molecule has 1 atom stereocenters. The quantitative estimate of drug-likeness (QED) is 0.169. The van der Waals surface area contributed by atoms with Gasteiger partial charge in [0.25, 0.3) is 11.7 Å². The van der Waals surface area contributed by atoms with Crippen LogP contribution in [0.5, 0.6) is 5.75 Å². The molecule has 1 N–H and O–H groups in total. The van der Waals surface area contributed by atoms with Crippen molar-refractivity contribution in [1.29, 1.82) is 0 Å². The Morgan fingerprint density at radius 1 is 1.08 bits per heavy atom. The molecule has 0 aliphatic carbocycles. The predicted molar refractivity (Wildman–Crippen MR) is 132 cm³/mol. The first-order valence-electron chi connectivity index (χ1n) is 11.1. The van der Waals surface area contributed by atoms with Crippen molar-refractivity contribution >= 4 is 23.4 Å². The molecule has 1 aliphatic rings. The van der Waals surface area contributed by atoms with Gasteiger partial charge in [-0.05, 0) is 53.6 Å². The highest BCUT2D eigenvalue weighted by atomic mass is 16.5. The summed E-state index contributed by atoms with van der Waals surface area (Å²) < 4.78 is 10.2. The number of carbonyl (C=O) groups is 3. The Bertz CT molecular complexity index is 1310. The third-order valence-corrected chi connectivity index (χ3v) is 5.76. The molecule has 1 unspecified atom stereocenters. The van der Waals surface area contributed by atoms with E-state index in [4.69, 9.17) is 9.47 Å². The highest BCUT2D eigenvalue weighted by Gasteiger charge is 2.46. The monoisotopic (exact) mass is 484 g/mol. The summed E-state index contributed by atoms with van der Waals surface area (Å²) in [7, 11) is 1.28. The number of hydrogen-bond acceptors (Lipinski definition) is 7. The first-order valence-corrected chi connectivity index (χ1v) is 11.1. The maximum absolute atomic E-state index is 13.2. The van der Waals surface area contributed by atoms with E-state index in [0.717, 1.165) is 5.56 Å². The molecular weight excluding hydrogens is 460 g/mol. The molecule has 1 amide bonds. The number of pyridine rings is 1. The Kier molecular flexibility index (Phi) is 7.25. The van der Waals surface area contributed by atoms with E-state index in [1.807, 2.05) is 0 Å². The zero-order chi connectivity index (χ0) is 25.7. The summed E-state index contributed by atoms with van der Waals surface area (Å²) in [6.45, 7) is 4.04. The first-order chi connectivity index (χ1) is 17.4. The van der Waals surface area contributed by atoms with Crippen molar-refractivity contribution in [2.75, 3.05) is 13.7 Å². The number of hydrogen-bond donors (Lipinski definition) is 1. The number of methoxy groups -OCH3 is 1. The van der Waals surface area contributed by atoms with Gasteiger partial charge < -0.3 is 19.5 Å². The van der Waals surface area contributed by atoms with E-state index in [9.17, 15) is 19.5 Å². The number of aliphatic hydroxyl groups is 1. The van der Waals surface area contributed by atoms with Crippen molar-refractivity contribution in [1.82, 2.24) is 9.88 Å². The number of ether oxygens (including phenoxy) is 2. The van der Waals surface area contributed by atoms with Gasteiger partial charge in [0, 0.05) is 24.5 Å². The molecule has 36 heavy (non-hydrogen) atoms. The molecule has 0 saturated carbocycles. The fourth-order valence-electron chi connectivity index (χ4n) is 4.02. The number of rotatable bonds is 8. The van der Waals surface area contributed by atoms with Crippen LogP contribution < -0.4 is 4.74 Å². The van der Waals surface area contributed by atoms with E-state index in [-0.39, 0.29) is 17.9 Å². The maximum atomic E-state index is 13.2. The number of carbonyl (C=O) groups excluding carboxylic acids is 3. The van der Waals surface area contributed by atoms with Gasteiger partial charge in [-0.25, -0.2) is 4.79 Å². The SMILES string of the molecule is C=CCOc1ccc(/C(O)=C2\C(=O)C(=O)N(Cc3cccnc3)C2c2ccc(C(=O)OC)cc2)cc1. The molecule has 1 aliphatic heterocycles. The summed E-state index contributed by atoms with van der Waals surface area (Å²) in [5.74, 6) is -1.79. The van der Waals surface area contributed by atoms with E-state index in [1.54, 1.807) is 79.1 Å². The Morgan fingerprint density at radius 2 is 1.78 bits per heavy atom. The van der Waals surface area contributed by atoms with Crippen LogP contribution in [-0.2, 0) is 20.9 Å². The highest BCUT2D eigenvalue weighted by molar-refractivity contribution is 6.46. The first kappa shape index (κ1) is 24.4. The zero-order valence-electron chi connectivity index (χ0n) is 19.6. The second-order valence-corrected chi connectivity index (χ2v) is 8.03. The van der Waals surface area contributed by atoms with Gasteiger partial charge in [0.15, 0.2) is 0 Å². The molecule has 182 valence electrons. The number of Topliss-reactive ketones (excluding diaryl/α,β-unsaturated/α-hetero) is 1. The third kappa shape index (κ3) is 4.88. The largest absolute Gasteiger partial charge is 0.507 e. The minimum absolute atomic E-state index is 0.0468. The lowest BCUT2D eigenvalue weighted by Gasteiger charge is -2.25. The molecule has 8 nitrogen and oxygen atoms in total. The summed E-state index contributed by atoms with van der Waals surface area (Å²) >= 11 is 0. The lowest BCUT2D eigenvalue weighted by molar-refractivity contribution is -0.140. The van der Waals surface area contributed by atoms with Crippen molar-refractivity contribution < 1.29 is 29.0 Å². The van der Waals surface area contributed by atoms with Crippen LogP contribution >= 0.6 is 0 Å². The molecular formula is C28H24N2O6. The van der Waals surface area contributed by atoms with E-state index in [2.05, 4.69) is 11.6 Å². The van der Waals surface area contributed by atoms with Gasteiger partial charge in [-0.15, -0.1) is 0 Å². The van der Waals surface area contributed by atoms with Gasteiger partial charge in [0.2, 0.25) is 0 Å². The molecule has 1 fully saturated rings. The summed E-state index contributed by atoms with van der Waals surface area (Å²) in [6.07, 6.45) is 4.84. The molecule has 0 spiro atoms. The molecule has 0 radical (unpaired) electrons. The van der Waals surface area contributed by atoms with Crippen LogP contribution in [0.1, 0.15) is 33.1 Å². The summed E-state index contributed by atoms with van der Waals surface area (Å²) in [5.41, 5.74) is 1.91. The third-order valence-electron chi connectivity index (χ3n) is 5.76. The average Bonchev–Trinajstić information content (AvgIpc) is 3.17. The normalized spacial score (nSPS) is 16.6. The van der Waals surface area contributed by atoms with Crippen LogP contribution in [0.15, 0.2) is 91.3 Å². The van der Waals surface area contributed by atoms with E-state index >= 15 is 0 Å². The van der Waals surface area contributed by atoms with Gasteiger partial charge in [-0.1, -0.05) is 30.9 Å². The van der Waals surface area contributed by atoms with Crippen LogP contribution in [0.4, 0.5) is 0 Å². The van der Waals surface area contributed by atoms with E-state index in [1.165, 1.54) is 12.0 Å². The van der Waals surface area contributed by atoms with Crippen molar-refractivity contribution in [2.45, 2.75) is 12.6 Å². The lowest BCUT2D eigenvalue weighted by atomic mass is 9.94. The maximum Gasteiger partial charge on any atom is 0.337 e. The Labute approximate surface area is 208 Å². The van der Waals surface area contributed by atoms with E-state index in [0.29, 0.717) is 29.0 Å². The van der Waals surface area contributed by atoms with Crippen molar-refractivity contribution in [3.05, 3.63) is 114 Å². The minimum Gasteiger partial charge on any atom is -0.507 e. The van der Waals surface area contributed by atoms with Crippen LogP contribution in [0.3, 0.4) is 0 Å². The number of nitrogens with zero attached hydrogens (tertiary/aromatic N) is 2. The summed E-state index contributed by atoms with van der Waals surface area (Å²) in [4.78, 5) is 43.7. The molecule has 3 aromatic rings. The van der Waals surface area contributed by atoms with Crippen LogP contribution in [0, 0.1) is 0 Å². The molecule has 2 aromatic carbocycles. The number of ketones is 1. The smallest absolute Gasteiger partial charge is 0.337 e. The van der Waals surface area contributed by atoms with Crippen LogP contribution in [0.25, 0.3) is 5.76 Å². The topological polar surface area (TPSA) is 106 Å². The number of benzene rings is 2. The van der Waals surface area contributed by atoms with Gasteiger partial charge in [-0.3, -0.25) is 14.6 Å². The summed E-state index contributed by atoms with van der Waals surface area (Å²) in [6, 6.07) is 15.6.